The van der Waals surface area contributed by atoms with Crippen LogP contribution in [0.1, 0.15) is 5.56 Å². The Kier molecular flexibility index (Phi) is 3.41. The Hall–Kier alpha value is -2.31. The number of hydrogen-bond donors (Lipinski definition) is 3. The van der Waals surface area contributed by atoms with E-state index in [-0.39, 0.29) is 0 Å². The minimum absolute atomic E-state index is 0.553. The van der Waals surface area contributed by atoms with Crippen LogP contribution in [-0.2, 0) is 6.54 Å². The van der Waals surface area contributed by atoms with Crippen LogP contribution in [0.2, 0.25) is 5.02 Å². The van der Waals surface area contributed by atoms with Gasteiger partial charge in [0.1, 0.15) is 0 Å². The summed E-state index contributed by atoms with van der Waals surface area (Å²) in [6.07, 6.45) is 5.31. The van der Waals surface area contributed by atoms with E-state index >= 15 is 0 Å². The number of nitrogen functional groups attached to an aromatic ring is 1. The summed E-state index contributed by atoms with van der Waals surface area (Å²) < 4.78 is 1.84. The standard InChI is InChI=1S/C13H13ClN6/c14-10-4-2-1-3-9(10)7-17-12-13-16-5-6-20(13)8-11(18-12)19-15/h1-6,8,19H,7,15H2,(H,17,18). The van der Waals surface area contributed by atoms with Crippen molar-refractivity contribution in [3.05, 3.63) is 53.4 Å². The van der Waals surface area contributed by atoms with Crippen molar-refractivity contribution in [2.75, 3.05) is 10.7 Å². The number of nitrogens with zero attached hydrogens (tertiary/aromatic N) is 3. The van der Waals surface area contributed by atoms with Crippen LogP contribution >= 0.6 is 11.6 Å². The van der Waals surface area contributed by atoms with Gasteiger partial charge in [-0.3, -0.25) is 0 Å². The number of fused-ring (bicyclic) bond motifs is 1. The van der Waals surface area contributed by atoms with E-state index in [1.807, 2.05) is 34.9 Å². The molecule has 6 nitrogen and oxygen atoms in total. The first-order valence-corrected chi connectivity index (χ1v) is 6.43. The molecule has 0 aliphatic rings. The van der Waals surface area contributed by atoms with Gasteiger partial charge in [-0.25, -0.2) is 15.8 Å². The van der Waals surface area contributed by atoms with Crippen molar-refractivity contribution in [3.8, 4) is 0 Å². The van der Waals surface area contributed by atoms with E-state index in [1.165, 1.54) is 0 Å². The summed E-state index contributed by atoms with van der Waals surface area (Å²) in [6, 6.07) is 7.66. The average Bonchev–Trinajstić information content (AvgIpc) is 2.94. The van der Waals surface area contributed by atoms with Crippen LogP contribution in [-0.4, -0.2) is 14.4 Å². The maximum absolute atomic E-state index is 6.13. The zero-order valence-electron chi connectivity index (χ0n) is 10.5. The smallest absolute Gasteiger partial charge is 0.180 e. The van der Waals surface area contributed by atoms with Gasteiger partial charge in [0.2, 0.25) is 0 Å². The molecule has 0 radical (unpaired) electrons. The molecule has 3 aromatic rings. The van der Waals surface area contributed by atoms with Gasteiger partial charge in [0.15, 0.2) is 17.3 Å². The molecule has 7 heteroatoms. The van der Waals surface area contributed by atoms with Crippen LogP contribution in [0.5, 0.6) is 0 Å². The molecule has 20 heavy (non-hydrogen) atoms. The normalized spacial score (nSPS) is 10.7. The summed E-state index contributed by atoms with van der Waals surface area (Å²) in [5.74, 6) is 6.61. The lowest BCUT2D eigenvalue weighted by molar-refractivity contribution is 1.06. The second kappa shape index (κ2) is 5.36. The maximum atomic E-state index is 6.13. The van der Waals surface area contributed by atoms with Crippen molar-refractivity contribution in [1.82, 2.24) is 14.4 Å². The van der Waals surface area contributed by atoms with E-state index in [9.17, 15) is 0 Å². The molecule has 102 valence electrons. The molecule has 0 amide bonds. The molecule has 0 bridgehead atoms. The topological polar surface area (TPSA) is 80.3 Å². The summed E-state index contributed by atoms with van der Waals surface area (Å²) in [7, 11) is 0. The first-order chi connectivity index (χ1) is 9.78. The average molecular weight is 289 g/mol. The minimum Gasteiger partial charge on any atom is -0.363 e. The van der Waals surface area contributed by atoms with Crippen LogP contribution in [0.3, 0.4) is 0 Å². The lowest BCUT2D eigenvalue weighted by Crippen LogP contribution is -2.12. The number of benzene rings is 1. The molecule has 0 aliphatic heterocycles. The third-order valence-electron chi connectivity index (χ3n) is 2.93. The maximum Gasteiger partial charge on any atom is 0.180 e. The SMILES string of the molecule is NNc1cn2ccnc2c(NCc2ccccc2Cl)n1. The predicted octanol–water partition coefficient (Wildman–Crippen LogP) is 2.28. The second-order valence-corrected chi connectivity index (χ2v) is 4.63. The Labute approximate surface area is 120 Å². The molecule has 3 rings (SSSR count). The van der Waals surface area contributed by atoms with Gasteiger partial charge in [-0.2, -0.15) is 0 Å². The Balaban J connectivity index is 1.90. The van der Waals surface area contributed by atoms with E-state index < -0.39 is 0 Å². The molecule has 1 aromatic carbocycles. The number of anilines is 2. The third-order valence-corrected chi connectivity index (χ3v) is 3.29. The first-order valence-electron chi connectivity index (χ1n) is 6.05. The summed E-state index contributed by atoms with van der Waals surface area (Å²) in [6.45, 7) is 0.559. The summed E-state index contributed by atoms with van der Waals surface area (Å²) in [4.78, 5) is 8.63. The van der Waals surface area contributed by atoms with Crippen molar-refractivity contribution < 1.29 is 0 Å². The lowest BCUT2D eigenvalue weighted by atomic mass is 10.2. The van der Waals surface area contributed by atoms with Gasteiger partial charge in [0, 0.05) is 24.0 Å². The van der Waals surface area contributed by atoms with Crippen LogP contribution in [0.15, 0.2) is 42.9 Å². The Morgan fingerprint density at radius 3 is 2.95 bits per heavy atom. The van der Waals surface area contributed by atoms with E-state index in [0.717, 1.165) is 11.2 Å². The van der Waals surface area contributed by atoms with Crippen LogP contribution in [0.25, 0.3) is 5.65 Å². The van der Waals surface area contributed by atoms with Gasteiger partial charge in [0.05, 0.1) is 6.20 Å². The van der Waals surface area contributed by atoms with Crippen molar-refractivity contribution in [2.24, 2.45) is 5.84 Å². The summed E-state index contributed by atoms with van der Waals surface area (Å²) in [5, 5.41) is 3.95. The number of rotatable bonds is 4. The molecule has 0 saturated carbocycles. The molecule has 0 aliphatic carbocycles. The predicted molar refractivity (Wildman–Crippen MR) is 79.6 cm³/mol. The van der Waals surface area contributed by atoms with Gasteiger partial charge in [-0.15, -0.1) is 0 Å². The fourth-order valence-electron chi connectivity index (χ4n) is 1.94. The number of halogens is 1. The fraction of sp³-hybridized carbons (Fsp3) is 0.0769. The van der Waals surface area contributed by atoms with Crippen molar-refractivity contribution >= 4 is 28.9 Å². The number of aromatic nitrogens is 3. The van der Waals surface area contributed by atoms with Gasteiger partial charge < -0.3 is 15.1 Å². The van der Waals surface area contributed by atoms with Gasteiger partial charge in [0.25, 0.3) is 0 Å². The highest BCUT2D eigenvalue weighted by Gasteiger charge is 2.07. The van der Waals surface area contributed by atoms with E-state index in [4.69, 9.17) is 17.4 Å². The molecular weight excluding hydrogens is 276 g/mol. The highest BCUT2D eigenvalue weighted by molar-refractivity contribution is 6.31. The molecule has 0 fully saturated rings. The van der Waals surface area contributed by atoms with Gasteiger partial charge in [-0.05, 0) is 11.6 Å². The van der Waals surface area contributed by atoms with Gasteiger partial charge in [-0.1, -0.05) is 29.8 Å². The first kappa shape index (κ1) is 12.7. The second-order valence-electron chi connectivity index (χ2n) is 4.22. The molecule has 0 atom stereocenters. The molecule has 0 spiro atoms. The van der Waals surface area contributed by atoms with E-state index in [0.29, 0.717) is 23.2 Å². The number of nitrogens with one attached hydrogen (secondary N) is 2. The van der Waals surface area contributed by atoms with E-state index in [2.05, 4.69) is 20.7 Å². The summed E-state index contributed by atoms with van der Waals surface area (Å²) in [5.41, 5.74) is 4.26. The molecule has 0 unspecified atom stereocenters. The largest absolute Gasteiger partial charge is 0.363 e. The summed E-state index contributed by atoms with van der Waals surface area (Å²) >= 11 is 6.13. The van der Waals surface area contributed by atoms with Crippen LogP contribution in [0.4, 0.5) is 11.6 Å². The van der Waals surface area contributed by atoms with Gasteiger partial charge >= 0.3 is 0 Å². The molecular formula is C13H13ClN6. The molecule has 2 heterocycles. The molecule has 0 saturated heterocycles. The third kappa shape index (κ3) is 2.38. The van der Waals surface area contributed by atoms with E-state index in [1.54, 1.807) is 12.4 Å². The minimum atomic E-state index is 0.553. The number of hydrazine groups is 1. The van der Waals surface area contributed by atoms with Crippen molar-refractivity contribution in [3.63, 3.8) is 0 Å². The number of imidazole rings is 1. The zero-order valence-corrected chi connectivity index (χ0v) is 11.3. The zero-order chi connectivity index (χ0) is 13.9. The molecule has 4 N–H and O–H groups in total. The van der Waals surface area contributed by atoms with Crippen LogP contribution in [0, 0.1) is 0 Å². The Morgan fingerprint density at radius 2 is 2.15 bits per heavy atom. The fourth-order valence-corrected chi connectivity index (χ4v) is 2.14. The number of nitrogens with two attached hydrogens (primary N) is 1. The van der Waals surface area contributed by atoms with Crippen molar-refractivity contribution in [2.45, 2.75) is 6.54 Å². The lowest BCUT2D eigenvalue weighted by Gasteiger charge is -2.10. The highest BCUT2D eigenvalue weighted by atomic mass is 35.5. The van der Waals surface area contributed by atoms with Crippen molar-refractivity contribution in [1.29, 1.82) is 0 Å². The van der Waals surface area contributed by atoms with Crippen LogP contribution < -0.4 is 16.6 Å². The Morgan fingerprint density at radius 1 is 1.30 bits per heavy atom. The Bertz CT molecular complexity index is 739. The monoisotopic (exact) mass is 288 g/mol. The molecule has 2 aromatic heterocycles. The number of hydrogen-bond acceptors (Lipinski definition) is 5. The quantitative estimate of drug-likeness (QED) is 0.507. The highest BCUT2D eigenvalue weighted by Crippen LogP contribution is 2.19.